The first-order chi connectivity index (χ1) is 10.7. The lowest BCUT2D eigenvalue weighted by Crippen LogP contribution is -1.93. The molecular weight excluding hydrogens is 302 g/mol. The Kier molecular flexibility index (Phi) is 3.00. The van der Waals surface area contributed by atoms with Gasteiger partial charge in [0, 0.05) is 24.1 Å². The minimum Gasteiger partial charge on any atom is -0.454 e. The number of rotatable bonds is 3. The van der Waals surface area contributed by atoms with Crippen molar-refractivity contribution < 1.29 is 13.9 Å². The van der Waals surface area contributed by atoms with Crippen LogP contribution in [0.2, 0.25) is 0 Å². The molecule has 2 aromatic heterocycles. The summed E-state index contributed by atoms with van der Waals surface area (Å²) in [5, 5.41) is 5.99. The molecule has 0 fully saturated rings. The summed E-state index contributed by atoms with van der Waals surface area (Å²) in [5.41, 5.74) is 2.53. The number of fused-ring (bicyclic) bond motifs is 1. The Labute approximate surface area is 130 Å². The molecule has 0 unspecified atom stereocenters. The maximum absolute atomic E-state index is 5.59. The molecule has 0 spiro atoms. The van der Waals surface area contributed by atoms with E-state index in [4.69, 9.17) is 13.9 Å². The van der Waals surface area contributed by atoms with Crippen LogP contribution in [-0.4, -0.2) is 16.8 Å². The third-order valence-electron chi connectivity index (χ3n) is 3.26. The van der Waals surface area contributed by atoms with E-state index in [1.54, 1.807) is 0 Å². The molecule has 0 saturated carbocycles. The number of ether oxygens (including phenoxy) is 2. The Hall–Kier alpha value is -2.54. The molecule has 0 aliphatic carbocycles. The molecule has 0 bridgehead atoms. The van der Waals surface area contributed by atoms with E-state index in [0.717, 1.165) is 33.7 Å². The molecule has 3 heterocycles. The van der Waals surface area contributed by atoms with Gasteiger partial charge in [0.2, 0.25) is 6.79 Å². The average Bonchev–Trinajstić information content (AvgIpc) is 3.18. The summed E-state index contributed by atoms with van der Waals surface area (Å²) in [6.45, 7) is 4.01. The molecule has 7 heteroatoms. The van der Waals surface area contributed by atoms with Gasteiger partial charge in [-0.25, -0.2) is 9.97 Å². The monoisotopic (exact) mass is 315 g/mol. The zero-order chi connectivity index (χ0) is 15.1. The summed E-state index contributed by atoms with van der Waals surface area (Å²) in [5.74, 6) is 2.86. The molecule has 0 radical (unpaired) electrons. The van der Waals surface area contributed by atoms with E-state index in [1.165, 1.54) is 11.3 Å². The van der Waals surface area contributed by atoms with E-state index in [0.29, 0.717) is 11.7 Å². The summed E-state index contributed by atoms with van der Waals surface area (Å²) in [6, 6.07) is 5.70. The zero-order valence-corrected chi connectivity index (χ0v) is 12.9. The van der Waals surface area contributed by atoms with E-state index in [-0.39, 0.29) is 6.79 Å². The van der Waals surface area contributed by atoms with Gasteiger partial charge in [-0.2, -0.15) is 0 Å². The maximum Gasteiger partial charge on any atom is 0.231 e. The standard InChI is InChI=1S/C15H13N3O3S/c1-8-14(21-9(2)16-8)11-6-22-15(18-11)17-10-3-4-12-13(5-10)20-7-19-12/h3-6H,7H2,1-2H3,(H,17,18). The van der Waals surface area contributed by atoms with Gasteiger partial charge in [0.1, 0.15) is 5.69 Å². The third kappa shape index (κ3) is 2.29. The Morgan fingerprint density at radius 1 is 1.14 bits per heavy atom. The van der Waals surface area contributed by atoms with Crippen LogP contribution in [0.4, 0.5) is 10.8 Å². The highest BCUT2D eigenvalue weighted by Gasteiger charge is 2.15. The van der Waals surface area contributed by atoms with Gasteiger partial charge in [-0.3, -0.25) is 0 Å². The minimum absolute atomic E-state index is 0.268. The average molecular weight is 315 g/mol. The largest absolute Gasteiger partial charge is 0.454 e. The first kappa shape index (κ1) is 13.1. The van der Waals surface area contributed by atoms with Gasteiger partial charge in [-0.15, -0.1) is 11.3 Å². The van der Waals surface area contributed by atoms with Crippen molar-refractivity contribution >= 4 is 22.2 Å². The van der Waals surface area contributed by atoms with Crippen LogP contribution in [0.5, 0.6) is 11.5 Å². The summed E-state index contributed by atoms with van der Waals surface area (Å²) in [6.07, 6.45) is 0. The summed E-state index contributed by atoms with van der Waals surface area (Å²) >= 11 is 1.51. The van der Waals surface area contributed by atoms with Gasteiger partial charge in [-0.05, 0) is 19.1 Å². The number of hydrogen-bond donors (Lipinski definition) is 1. The molecule has 0 amide bonds. The van der Waals surface area contributed by atoms with E-state index in [9.17, 15) is 0 Å². The molecule has 6 nitrogen and oxygen atoms in total. The Bertz CT molecular complexity index is 840. The van der Waals surface area contributed by atoms with E-state index in [2.05, 4.69) is 15.3 Å². The molecule has 0 atom stereocenters. The van der Waals surface area contributed by atoms with Crippen molar-refractivity contribution in [2.75, 3.05) is 12.1 Å². The predicted octanol–water partition coefficient (Wildman–Crippen LogP) is 3.89. The SMILES string of the molecule is Cc1nc(C)c(-c2csc(Nc3ccc4c(c3)OCO4)n2)o1. The van der Waals surface area contributed by atoms with Crippen molar-refractivity contribution in [3.63, 3.8) is 0 Å². The highest BCUT2D eigenvalue weighted by molar-refractivity contribution is 7.14. The zero-order valence-electron chi connectivity index (χ0n) is 12.0. The molecule has 22 heavy (non-hydrogen) atoms. The van der Waals surface area contributed by atoms with Crippen LogP contribution in [0.1, 0.15) is 11.6 Å². The second-order valence-corrected chi connectivity index (χ2v) is 5.74. The van der Waals surface area contributed by atoms with Crippen molar-refractivity contribution in [2.45, 2.75) is 13.8 Å². The molecule has 0 saturated heterocycles. The van der Waals surface area contributed by atoms with Crippen molar-refractivity contribution in [1.82, 2.24) is 9.97 Å². The molecule has 1 aliphatic heterocycles. The predicted molar refractivity (Wildman–Crippen MR) is 82.9 cm³/mol. The van der Waals surface area contributed by atoms with Gasteiger partial charge >= 0.3 is 0 Å². The van der Waals surface area contributed by atoms with Gasteiger partial charge in [0.25, 0.3) is 0 Å². The number of nitrogens with zero attached hydrogens (tertiary/aromatic N) is 2. The highest BCUT2D eigenvalue weighted by atomic mass is 32.1. The van der Waals surface area contributed by atoms with Crippen LogP contribution in [0.15, 0.2) is 28.0 Å². The van der Waals surface area contributed by atoms with Crippen molar-refractivity contribution in [3.05, 3.63) is 35.2 Å². The summed E-state index contributed by atoms with van der Waals surface area (Å²) in [7, 11) is 0. The molecule has 1 aromatic carbocycles. The lowest BCUT2D eigenvalue weighted by Gasteiger charge is -2.03. The quantitative estimate of drug-likeness (QED) is 0.791. The summed E-state index contributed by atoms with van der Waals surface area (Å²) in [4.78, 5) is 8.81. The number of benzene rings is 1. The Morgan fingerprint density at radius 3 is 2.82 bits per heavy atom. The number of hydrogen-bond acceptors (Lipinski definition) is 7. The topological polar surface area (TPSA) is 69.4 Å². The molecule has 1 N–H and O–H groups in total. The number of oxazole rings is 1. The van der Waals surface area contributed by atoms with Gasteiger partial charge in [0.15, 0.2) is 28.3 Å². The molecule has 1 aliphatic rings. The number of aromatic nitrogens is 2. The van der Waals surface area contributed by atoms with Crippen LogP contribution < -0.4 is 14.8 Å². The smallest absolute Gasteiger partial charge is 0.231 e. The van der Waals surface area contributed by atoms with Crippen LogP contribution in [0, 0.1) is 13.8 Å². The minimum atomic E-state index is 0.268. The molecular formula is C15H13N3O3S. The van der Waals surface area contributed by atoms with Crippen LogP contribution in [0.25, 0.3) is 11.5 Å². The fraction of sp³-hybridized carbons (Fsp3) is 0.200. The normalized spacial score (nSPS) is 12.6. The van der Waals surface area contributed by atoms with E-state index < -0.39 is 0 Å². The number of anilines is 2. The molecule has 3 aromatic rings. The highest BCUT2D eigenvalue weighted by Crippen LogP contribution is 2.36. The van der Waals surface area contributed by atoms with Crippen molar-refractivity contribution in [3.8, 4) is 23.0 Å². The second kappa shape index (κ2) is 5.03. The molecule has 4 rings (SSSR count). The lowest BCUT2D eigenvalue weighted by molar-refractivity contribution is 0.174. The van der Waals surface area contributed by atoms with E-state index >= 15 is 0 Å². The van der Waals surface area contributed by atoms with Crippen molar-refractivity contribution in [1.29, 1.82) is 0 Å². The van der Waals surface area contributed by atoms with Crippen LogP contribution in [-0.2, 0) is 0 Å². The van der Waals surface area contributed by atoms with Crippen LogP contribution in [0.3, 0.4) is 0 Å². The fourth-order valence-corrected chi connectivity index (χ4v) is 3.01. The number of aryl methyl sites for hydroxylation is 2. The fourth-order valence-electron chi connectivity index (χ4n) is 2.30. The second-order valence-electron chi connectivity index (χ2n) is 4.88. The van der Waals surface area contributed by atoms with E-state index in [1.807, 2.05) is 37.4 Å². The Morgan fingerprint density at radius 2 is 2.00 bits per heavy atom. The first-order valence-electron chi connectivity index (χ1n) is 6.75. The first-order valence-corrected chi connectivity index (χ1v) is 7.63. The third-order valence-corrected chi connectivity index (χ3v) is 4.02. The molecule has 112 valence electrons. The van der Waals surface area contributed by atoms with Crippen molar-refractivity contribution in [2.24, 2.45) is 0 Å². The van der Waals surface area contributed by atoms with Crippen LogP contribution >= 0.6 is 11.3 Å². The number of nitrogens with one attached hydrogen (secondary N) is 1. The summed E-state index contributed by atoms with van der Waals surface area (Å²) < 4.78 is 16.3. The lowest BCUT2D eigenvalue weighted by atomic mass is 10.3. The van der Waals surface area contributed by atoms with Gasteiger partial charge < -0.3 is 19.2 Å². The maximum atomic E-state index is 5.59. The Balaban J connectivity index is 1.58. The van der Waals surface area contributed by atoms with Gasteiger partial charge in [-0.1, -0.05) is 0 Å². The van der Waals surface area contributed by atoms with Gasteiger partial charge in [0.05, 0.1) is 5.69 Å². The number of thiazole rings is 1.